The number of hydrogen-bond donors (Lipinski definition) is 1. The van der Waals surface area contributed by atoms with Crippen molar-refractivity contribution in [2.24, 2.45) is 0 Å². The van der Waals surface area contributed by atoms with Crippen molar-refractivity contribution in [3.63, 3.8) is 0 Å². The molecule has 46 heavy (non-hydrogen) atoms. The van der Waals surface area contributed by atoms with Crippen LogP contribution in [0, 0.1) is 0 Å². The van der Waals surface area contributed by atoms with Gasteiger partial charge >= 0.3 is 0 Å². The molecule has 0 radical (unpaired) electrons. The van der Waals surface area contributed by atoms with Gasteiger partial charge in [-0.1, -0.05) is 101 Å². The van der Waals surface area contributed by atoms with Crippen LogP contribution in [-0.2, 0) is 25.3 Å². The summed E-state index contributed by atoms with van der Waals surface area (Å²) in [5.74, 6) is 1.74. The third kappa shape index (κ3) is 8.77. The lowest BCUT2D eigenvalue weighted by Gasteiger charge is -2.27. The highest BCUT2D eigenvalue weighted by Crippen LogP contribution is 2.36. The van der Waals surface area contributed by atoms with Crippen molar-refractivity contribution in [1.29, 1.82) is 0 Å². The van der Waals surface area contributed by atoms with E-state index >= 15 is 0 Å². The Morgan fingerprint density at radius 2 is 1.04 bits per heavy atom. The highest BCUT2D eigenvalue weighted by Gasteiger charge is 2.42. The number of hydrogen-bond acceptors (Lipinski definition) is 7. The summed E-state index contributed by atoms with van der Waals surface area (Å²) in [6.45, 7) is 16.0. The first-order valence-corrected chi connectivity index (χ1v) is 15.5. The Morgan fingerprint density at radius 3 is 1.37 bits per heavy atom. The third-order valence-electron chi connectivity index (χ3n) is 8.48. The zero-order valence-electron chi connectivity index (χ0n) is 27.3. The van der Waals surface area contributed by atoms with E-state index in [9.17, 15) is 5.11 Å². The van der Waals surface area contributed by atoms with Gasteiger partial charge in [0.1, 0.15) is 43.2 Å². The fraction of sp³-hybridized carbons (Fsp3) is 0.333. The van der Waals surface area contributed by atoms with Crippen LogP contribution in [0.25, 0.3) is 6.08 Å². The highest BCUT2D eigenvalue weighted by atomic mass is 17.4. The van der Waals surface area contributed by atoms with Gasteiger partial charge in [-0.15, -0.1) is 0 Å². The van der Waals surface area contributed by atoms with Crippen molar-refractivity contribution in [3.05, 3.63) is 131 Å². The largest absolute Gasteiger partial charge is 0.491 e. The predicted octanol–water partition coefficient (Wildman–Crippen LogP) is 7.83. The Bertz CT molecular complexity index is 1550. The van der Waals surface area contributed by atoms with Gasteiger partial charge in [-0.25, -0.2) is 9.78 Å². The third-order valence-corrected chi connectivity index (χ3v) is 8.48. The molecule has 2 heterocycles. The molecule has 1 N–H and O–H groups in total. The van der Waals surface area contributed by atoms with Crippen LogP contribution >= 0.6 is 0 Å². The summed E-state index contributed by atoms with van der Waals surface area (Å²) in [6.07, 6.45) is 1.09. The maximum atomic E-state index is 10.5. The Labute approximate surface area is 272 Å². The first kappa shape index (κ1) is 33.2. The van der Waals surface area contributed by atoms with Crippen LogP contribution < -0.4 is 14.2 Å². The van der Waals surface area contributed by atoms with Crippen molar-refractivity contribution in [2.45, 2.75) is 57.3 Å². The van der Waals surface area contributed by atoms with Crippen LogP contribution in [0.1, 0.15) is 62.4 Å². The van der Waals surface area contributed by atoms with Crippen LogP contribution in [0.15, 0.2) is 104 Å². The molecule has 2 unspecified atom stereocenters. The van der Waals surface area contributed by atoms with E-state index in [4.69, 9.17) is 18.9 Å². The molecule has 4 aromatic rings. The average molecular weight is 625 g/mol. The first-order chi connectivity index (χ1) is 22.0. The maximum Gasteiger partial charge on any atom is 0.231 e. The van der Waals surface area contributed by atoms with Gasteiger partial charge in [-0.2, -0.15) is 0 Å². The fourth-order valence-corrected chi connectivity index (χ4v) is 5.09. The molecule has 0 bridgehead atoms. The highest BCUT2D eigenvalue weighted by molar-refractivity contribution is 5.49. The molecule has 0 spiro atoms. The molecule has 2 saturated heterocycles. The Balaban J connectivity index is 0.00000131. The molecular formula is C39H44O7. The predicted molar refractivity (Wildman–Crippen MR) is 179 cm³/mol. The van der Waals surface area contributed by atoms with Crippen molar-refractivity contribution >= 4 is 6.08 Å². The molecule has 0 aromatic heterocycles. The van der Waals surface area contributed by atoms with E-state index in [1.165, 1.54) is 16.7 Å². The molecule has 2 aliphatic heterocycles. The summed E-state index contributed by atoms with van der Waals surface area (Å²) >= 11 is 0. The zero-order chi connectivity index (χ0) is 32.8. The SMILES string of the molecule is C1OO1.C=Cc1ccc(C(C)(C)c2ccc(OCC(O)COc3ccc(C(C)(C)c4ccc(OC5(C)CO5)cc4)cc3)cc2)cc1. The molecule has 6 rings (SSSR count). The van der Waals surface area contributed by atoms with Crippen molar-refractivity contribution < 1.29 is 33.8 Å². The van der Waals surface area contributed by atoms with E-state index in [1.807, 2.05) is 49.4 Å². The van der Waals surface area contributed by atoms with Gasteiger partial charge < -0.3 is 24.1 Å². The maximum absolute atomic E-state index is 10.5. The van der Waals surface area contributed by atoms with Gasteiger partial charge in [-0.3, -0.25) is 0 Å². The van der Waals surface area contributed by atoms with Crippen LogP contribution in [0.5, 0.6) is 17.2 Å². The Kier molecular flexibility index (Phi) is 10.2. The Hall–Kier alpha value is -4.14. The summed E-state index contributed by atoms with van der Waals surface area (Å²) in [6, 6.07) is 32.7. The van der Waals surface area contributed by atoms with Crippen molar-refractivity contribution in [3.8, 4) is 17.2 Å². The van der Waals surface area contributed by atoms with Crippen LogP contribution in [-0.4, -0.2) is 43.6 Å². The topological polar surface area (TPSA) is 85.5 Å². The number of ether oxygens (including phenoxy) is 4. The molecule has 7 heteroatoms. The number of rotatable bonds is 13. The number of epoxide rings is 1. The van der Waals surface area contributed by atoms with Gasteiger partial charge in [0.05, 0.1) is 0 Å². The van der Waals surface area contributed by atoms with E-state index in [0.717, 1.165) is 16.9 Å². The van der Waals surface area contributed by atoms with E-state index in [2.05, 4.69) is 105 Å². The summed E-state index contributed by atoms with van der Waals surface area (Å²) in [7, 11) is 0. The molecular weight excluding hydrogens is 580 g/mol. The first-order valence-electron chi connectivity index (χ1n) is 15.5. The molecule has 2 fully saturated rings. The number of aliphatic hydroxyl groups is 1. The zero-order valence-corrected chi connectivity index (χ0v) is 27.3. The van der Waals surface area contributed by atoms with Crippen molar-refractivity contribution in [2.75, 3.05) is 26.6 Å². The minimum Gasteiger partial charge on any atom is -0.491 e. The minimum absolute atomic E-state index is 0.138. The molecule has 0 saturated carbocycles. The molecule has 7 nitrogen and oxygen atoms in total. The number of aliphatic hydroxyl groups excluding tert-OH is 1. The second-order valence-electron chi connectivity index (χ2n) is 12.8. The van der Waals surface area contributed by atoms with Crippen LogP contribution in [0.4, 0.5) is 0 Å². The molecule has 0 amide bonds. The molecule has 4 aromatic carbocycles. The van der Waals surface area contributed by atoms with Gasteiger partial charge in [-0.05, 0) is 64.2 Å². The van der Waals surface area contributed by atoms with Gasteiger partial charge in [0, 0.05) is 17.8 Å². The van der Waals surface area contributed by atoms with Crippen LogP contribution in [0.2, 0.25) is 0 Å². The molecule has 242 valence electrons. The molecule has 2 aliphatic rings. The second-order valence-corrected chi connectivity index (χ2v) is 12.8. The summed E-state index contributed by atoms with van der Waals surface area (Å²) in [5.41, 5.74) is 5.51. The normalized spacial score (nSPS) is 17.6. The summed E-state index contributed by atoms with van der Waals surface area (Å²) in [4.78, 5) is 8.00. The minimum atomic E-state index is -0.764. The van der Waals surface area contributed by atoms with Gasteiger partial charge in [0.2, 0.25) is 12.6 Å². The quantitative estimate of drug-likeness (QED) is 0.120. The van der Waals surface area contributed by atoms with Crippen LogP contribution in [0.3, 0.4) is 0 Å². The summed E-state index contributed by atoms with van der Waals surface area (Å²) in [5, 5.41) is 10.5. The van der Waals surface area contributed by atoms with E-state index in [1.54, 1.807) is 0 Å². The number of benzene rings is 4. The van der Waals surface area contributed by atoms with E-state index in [-0.39, 0.29) is 24.0 Å². The molecule has 0 aliphatic carbocycles. The average Bonchev–Trinajstić information content (AvgIpc) is 4.02. The monoisotopic (exact) mass is 624 g/mol. The smallest absolute Gasteiger partial charge is 0.231 e. The standard InChI is InChI=1S/C38H42O5.CH2O2/c1-7-27-8-10-28(11-9-27)36(2,3)29-12-18-33(19-13-29)40-24-32(39)25-41-34-20-14-30(15-21-34)37(4,5)31-16-22-35(23-17-31)43-38(6)26-42-38;1-2-3-1/h7-23,32,39H,1,24-26H2,2-6H3;1H2. The second kappa shape index (κ2) is 14.1. The fourth-order valence-electron chi connectivity index (χ4n) is 5.09. The lowest BCUT2D eigenvalue weighted by molar-refractivity contribution is 0.0626. The van der Waals surface area contributed by atoms with E-state index in [0.29, 0.717) is 24.9 Å². The lowest BCUT2D eigenvalue weighted by atomic mass is 9.78. The van der Waals surface area contributed by atoms with Gasteiger partial charge in [0.15, 0.2) is 0 Å². The summed E-state index contributed by atoms with van der Waals surface area (Å²) < 4.78 is 22.9. The Morgan fingerprint density at radius 1 is 0.696 bits per heavy atom. The molecule has 2 atom stereocenters. The van der Waals surface area contributed by atoms with E-state index < -0.39 is 11.9 Å². The van der Waals surface area contributed by atoms with Crippen molar-refractivity contribution in [1.82, 2.24) is 0 Å². The lowest BCUT2D eigenvalue weighted by Crippen LogP contribution is -2.25. The van der Waals surface area contributed by atoms with Gasteiger partial charge in [0.25, 0.3) is 0 Å².